The van der Waals surface area contributed by atoms with Crippen molar-refractivity contribution in [3.63, 3.8) is 0 Å². The zero-order valence-corrected chi connectivity index (χ0v) is 10.5. The summed E-state index contributed by atoms with van der Waals surface area (Å²) >= 11 is 0. The summed E-state index contributed by atoms with van der Waals surface area (Å²) in [5.41, 5.74) is 0.436. The topological polar surface area (TPSA) is 92.4 Å². The Balaban J connectivity index is 2.08. The van der Waals surface area contributed by atoms with Gasteiger partial charge in [0.15, 0.2) is 5.69 Å². The van der Waals surface area contributed by atoms with E-state index in [-0.39, 0.29) is 5.69 Å². The second-order valence-corrected chi connectivity index (χ2v) is 4.13. The first-order valence-corrected chi connectivity index (χ1v) is 5.73. The number of aromatic nitrogens is 1. The molecule has 1 aromatic carbocycles. The van der Waals surface area contributed by atoms with E-state index in [9.17, 15) is 14.0 Å². The SMILES string of the molecule is CC(NC(=O)c1cc(C(=O)O)on1)c1cccc(F)c1. The molecular formula is C13H11FN2O4. The Kier molecular flexibility index (Phi) is 3.79. The van der Waals surface area contributed by atoms with Crippen molar-refractivity contribution < 1.29 is 23.6 Å². The highest BCUT2D eigenvalue weighted by atomic mass is 19.1. The van der Waals surface area contributed by atoms with Crippen molar-refractivity contribution in [1.82, 2.24) is 10.5 Å². The van der Waals surface area contributed by atoms with E-state index in [1.165, 1.54) is 18.2 Å². The molecule has 0 spiro atoms. The van der Waals surface area contributed by atoms with Crippen molar-refractivity contribution in [3.8, 4) is 0 Å². The van der Waals surface area contributed by atoms with E-state index in [2.05, 4.69) is 15.0 Å². The van der Waals surface area contributed by atoms with E-state index in [1.807, 2.05) is 0 Å². The molecule has 1 heterocycles. The van der Waals surface area contributed by atoms with Crippen molar-refractivity contribution in [2.24, 2.45) is 0 Å². The molecule has 0 saturated carbocycles. The quantitative estimate of drug-likeness (QED) is 0.892. The summed E-state index contributed by atoms with van der Waals surface area (Å²) in [5.74, 6) is -2.74. The number of carbonyl (C=O) groups is 2. The first kappa shape index (κ1) is 13.7. The lowest BCUT2D eigenvalue weighted by Crippen LogP contribution is -2.26. The maximum absolute atomic E-state index is 13.1. The molecule has 7 heteroatoms. The average Bonchev–Trinajstić information content (AvgIpc) is 2.88. The monoisotopic (exact) mass is 278 g/mol. The first-order valence-electron chi connectivity index (χ1n) is 5.73. The summed E-state index contributed by atoms with van der Waals surface area (Å²) in [7, 11) is 0. The van der Waals surface area contributed by atoms with E-state index in [0.29, 0.717) is 5.56 Å². The predicted molar refractivity (Wildman–Crippen MR) is 65.7 cm³/mol. The van der Waals surface area contributed by atoms with E-state index in [1.54, 1.807) is 13.0 Å². The third-order valence-electron chi connectivity index (χ3n) is 2.65. The number of hydrogen-bond acceptors (Lipinski definition) is 4. The van der Waals surface area contributed by atoms with Gasteiger partial charge in [0.05, 0.1) is 6.04 Å². The van der Waals surface area contributed by atoms with Crippen LogP contribution >= 0.6 is 0 Å². The van der Waals surface area contributed by atoms with Gasteiger partial charge < -0.3 is 14.9 Å². The third kappa shape index (κ3) is 3.00. The molecule has 0 bridgehead atoms. The van der Waals surface area contributed by atoms with Crippen LogP contribution in [-0.2, 0) is 0 Å². The summed E-state index contributed by atoms with van der Waals surface area (Å²) in [6.07, 6.45) is 0. The summed E-state index contributed by atoms with van der Waals surface area (Å²) in [5, 5.41) is 14.6. The number of rotatable bonds is 4. The molecule has 2 N–H and O–H groups in total. The number of halogens is 1. The molecule has 20 heavy (non-hydrogen) atoms. The second kappa shape index (κ2) is 5.52. The van der Waals surface area contributed by atoms with Crippen molar-refractivity contribution >= 4 is 11.9 Å². The van der Waals surface area contributed by atoms with Crippen LogP contribution in [0.15, 0.2) is 34.9 Å². The number of carboxylic acids is 1. The summed E-state index contributed by atoms with van der Waals surface area (Å²) in [4.78, 5) is 22.4. The molecule has 0 fully saturated rings. The maximum atomic E-state index is 13.1. The molecule has 104 valence electrons. The Bertz CT molecular complexity index is 653. The van der Waals surface area contributed by atoms with Crippen LogP contribution in [0.3, 0.4) is 0 Å². The van der Waals surface area contributed by atoms with Gasteiger partial charge in [0.1, 0.15) is 5.82 Å². The highest BCUT2D eigenvalue weighted by Crippen LogP contribution is 2.14. The van der Waals surface area contributed by atoms with Crippen LogP contribution in [-0.4, -0.2) is 22.1 Å². The van der Waals surface area contributed by atoms with Gasteiger partial charge in [-0.25, -0.2) is 9.18 Å². The summed E-state index contributed by atoms with van der Waals surface area (Å²) in [6, 6.07) is 6.37. The number of nitrogens with zero attached hydrogens (tertiary/aromatic N) is 1. The fraction of sp³-hybridized carbons (Fsp3) is 0.154. The lowest BCUT2D eigenvalue weighted by Gasteiger charge is -2.13. The Labute approximate surface area is 113 Å². The molecular weight excluding hydrogens is 267 g/mol. The van der Waals surface area contributed by atoms with Crippen molar-refractivity contribution in [2.75, 3.05) is 0 Å². The van der Waals surface area contributed by atoms with Gasteiger partial charge in [-0.15, -0.1) is 0 Å². The van der Waals surface area contributed by atoms with Crippen molar-refractivity contribution in [1.29, 1.82) is 0 Å². The van der Waals surface area contributed by atoms with Crippen molar-refractivity contribution in [3.05, 3.63) is 53.2 Å². The number of benzene rings is 1. The van der Waals surface area contributed by atoms with Gasteiger partial charge in [-0.3, -0.25) is 4.79 Å². The summed E-state index contributed by atoms with van der Waals surface area (Å²) in [6.45, 7) is 1.67. The predicted octanol–water partition coefficient (Wildman–Crippen LogP) is 2.00. The average molecular weight is 278 g/mol. The van der Waals surface area contributed by atoms with Gasteiger partial charge in [0.25, 0.3) is 5.91 Å². The standard InChI is InChI=1S/C13H11FN2O4/c1-7(8-3-2-4-9(14)5-8)15-12(17)10-6-11(13(18)19)20-16-10/h2-7H,1H3,(H,15,17)(H,18,19). The third-order valence-corrected chi connectivity index (χ3v) is 2.65. The van der Waals surface area contributed by atoms with E-state index < -0.39 is 29.5 Å². The molecule has 6 nitrogen and oxygen atoms in total. The molecule has 2 rings (SSSR count). The smallest absolute Gasteiger partial charge is 0.374 e. The zero-order valence-electron chi connectivity index (χ0n) is 10.5. The molecule has 1 aromatic heterocycles. The zero-order chi connectivity index (χ0) is 14.7. The highest BCUT2D eigenvalue weighted by Gasteiger charge is 2.18. The number of nitrogens with one attached hydrogen (secondary N) is 1. The van der Waals surface area contributed by atoms with Crippen LogP contribution in [0, 0.1) is 5.82 Å². The molecule has 0 radical (unpaired) electrons. The van der Waals surface area contributed by atoms with Gasteiger partial charge >= 0.3 is 5.97 Å². The van der Waals surface area contributed by atoms with Gasteiger partial charge in [0.2, 0.25) is 5.76 Å². The number of carboxylic acid groups (broad SMARTS) is 1. The normalized spacial score (nSPS) is 11.9. The van der Waals surface area contributed by atoms with Gasteiger partial charge in [-0.1, -0.05) is 17.3 Å². The van der Waals surface area contributed by atoms with Crippen LogP contribution in [0.4, 0.5) is 4.39 Å². The Hall–Kier alpha value is -2.70. The molecule has 1 atom stereocenters. The highest BCUT2D eigenvalue weighted by molar-refractivity contribution is 5.95. The maximum Gasteiger partial charge on any atom is 0.374 e. The molecule has 2 aromatic rings. The molecule has 1 amide bonds. The van der Waals surface area contributed by atoms with Crippen molar-refractivity contribution in [2.45, 2.75) is 13.0 Å². The molecule has 0 aliphatic carbocycles. The van der Waals surface area contributed by atoms with E-state index >= 15 is 0 Å². The summed E-state index contributed by atoms with van der Waals surface area (Å²) < 4.78 is 17.6. The Morgan fingerprint density at radius 3 is 2.75 bits per heavy atom. The number of aromatic carboxylic acids is 1. The largest absolute Gasteiger partial charge is 0.475 e. The van der Waals surface area contributed by atoms with E-state index in [4.69, 9.17) is 5.11 Å². The van der Waals surface area contributed by atoms with Gasteiger partial charge in [0, 0.05) is 6.07 Å². The molecule has 0 aliphatic rings. The molecule has 0 aliphatic heterocycles. The van der Waals surface area contributed by atoms with Crippen LogP contribution in [0.25, 0.3) is 0 Å². The molecule has 0 saturated heterocycles. The number of amides is 1. The van der Waals surface area contributed by atoms with E-state index in [0.717, 1.165) is 6.07 Å². The van der Waals surface area contributed by atoms with Crippen LogP contribution < -0.4 is 5.32 Å². The van der Waals surface area contributed by atoms with Gasteiger partial charge in [-0.2, -0.15) is 0 Å². The van der Waals surface area contributed by atoms with Gasteiger partial charge in [-0.05, 0) is 24.6 Å². The number of carbonyl (C=O) groups excluding carboxylic acids is 1. The van der Waals surface area contributed by atoms with Crippen LogP contribution in [0.5, 0.6) is 0 Å². The minimum Gasteiger partial charge on any atom is -0.475 e. The fourth-order valence-corrected chi connectivity index (χ4v) is 1.61. The second-order valence-electron chi connectivity index (χ2n) is 4.13. The minimum atomic E-state index is -1.31. The van der Waals surface area contributed by atoms with Crippen LogP contribution in [0.1, 0.15) is 39.6 Å². The lowest BCUT2D eigenvalue weighted by atomic mass is 10.1. The van der Waals surface area contributed by atoms with Crippen LogP contribution in [0.2, 0.25) is 0 Å². The Morgan fingerprint density at radius 2 is 2.15 bits per heavy atom. The minimum absolute atomic E-state index is 0.148. The first-order chi connectivity index (χ1) is 9.47. The lowest BCUT2D eigenvalue weighted by molar-refractivity contribution is 0.0651. The fourth-order valence-electron chi connectivity index (χ4n) is 1.61. The molecule has 1 unspecified atom stereocenters. The number of hydrogen-bond donors (Lipinski definition) is 2. The Morgan fingerprint density at radius 1 is 1.40 bits per heavy atom.